The molecule has 0 fully saturated rings. The summed E-state index contributed by atoms with van der Waals surface area (Å²) in [6, 6.07) is 0. The fourth-order valence-corrected chi connectivity index (χ4v) is 1.36. The van der Waals surface area contributed by atoms with Gasteiger partial charge in [-0.1, -0.05) is 13.5 Å². The van der Waals surface area contributed by atoms with Crippen LogP contribution in [0.25, 0.3) is 0 Å². The molecule has 0 aromatic heterocycles. The molecule has 0 amide bonds. The predicted molar refractivity (Wildman–Crippen MR) is 52.9 cm³/mol. The van der Waals surface area contributed by atoms with E-state index in [0.717, 1.165) is 12.7 Å². The van der Waals surface area contributed by atoms with Gasteiger partial charge in [-0.05, 0) is 6.42 Å². The first-order valence-electron chi connectivity index (χ1n) is 3.91. The average Bonchev–Trinajstić information content (AvgIpc) is 1.84. The van der Waals surface area contributed by atoms with Gasteiger partial charge in [0.2, 0.25) is 0 Å². The highest BCUT2D eigenvalue weighted by Crippen LogP contribution is 2.35. The van der Waals surface area contributed by atoms with Crippen LogP contribution in [-0.4, -0.2) is 23.7 Å². The van der Waals surface area contributed by atoms with Gasteiger partial charge >= 0.3 is 5.97 Å². The summed E-state index contributed by atoms with van der Waals surface area (Å²) >= 11 is 0. The second-order valence-corrected chi connectivity index (χ2v) is 5.10. The number of hydrogen-bond donors (Lipinski definition) is 1. The number of carbonyl (C=O) groups excluding carboxylic acids is 1. The highest BCUT2D eigenvalue weighted by molar-refractivity contribution is 7.57. The monoisotopic (exact) mass is 208 g/mol. The normalized spacial score (nSPS) is 13.2. The SMILES string of the molecule is C=COC(C)=O.CCCP(C)(=O)O. The molecule has 0 aliphatic carbocycles. The van der Waals surface area contributed by atoms with Crippen molar-refractivity contribution in [3.63, 3.8) is 0 Å². The van der Waals surface area contributed by atoms with E-state index in [-0.39, 0.29) is 5.97 Å². The third kappa shape index (κ3) is 24.6. The Morgan fingerprint density at radius 2 is 2.15 bits per heavy atom. The molecular formula is C8H17O4P. The molecule has 0 saturated heterocycles. The third-order valence-electron chi connectivity index (χ3n) is 0.888. The van der Waals surface area contributed by atoms with Crippen molar-refractivity contribution in [2.75, 3.05) is 12.8 Å². The fourth-order valence-electron chi connectivity index (χ4n) is 0.532. The molecule has 0 spiro atoms. The lowest BCUT2D eigenvalue weighted by atomic mass is 10.6. The topological polar surface area (TPSA) is 63.6 Å². The number of carbonyl (C=O) groups is 1. The molecular weight excluding hydrogens is 191 g/mol. The molecule has 0 aliphatic rings. The molecule has 13 heavy (non-hydrogen) atoms. The van der Waals surface area contributed by atoms with Gasteiger partial charge in [-0.3, -0.25) is 9.36 Å². The summed E-state index contributed by atoms with van der Waals surface area (Å²) in [7, 11) is -2.67. The van der Waals surface area contributed by atoms with Crippen molar-refractivity contribution in [2.45, 2.75) is 20.3 Å². The zero-order chi connectivity index (χ0) is 10.9. The van der Waals surface area contributed by atoms with Crippen LogP contribution in [0.3, 0.4) is 0 Å². The van der Waals surface area contributed by atoms with Crippen molar-refractivity contribution >= 4 is 13.3 Å². The zero-order valence-electron chi connectivity index (χ0n) is 8.32. The number of ether oxygens (including phenoxy) is 1. The van der Waals surface area contributed by atoms with Crippen molar-refractivity contribution in [1.82, 2.24) is 0 Å². The van der Waals surface area contributed by atoms with Gasteiger partial charge in [-0.2, -0.15) is 0 Å². The van der Waals surface area contributed by atoms with Crippen molar-refractivity contribution in [1.29, 1.82) is 0 Å². The lowest BCUT2D eigenvalue weighted by Gasteiger charge is -1.98. The molecule has 5 heteroatoms. The van der Waals surface area contributed by atoms with Gasteiger partial charge < -0.3 is 9.63 Å². The molecule has 0 saturated carbocycles. The van der Waals surface area contributed by atoms with Gasteiger partial charge in [-0.25, -0.2) is 0 Å². The summed E-state index contributed by atoms with van der Waals surface area (Å²) in [5.41, 5.74) is 0. The van der Waals surface area contributed by atoms with E-state index in [0.29, 0.717) is 6.16 Å². The molecule has 0 aromatic carbocycles. The van der Waals surface area contributed by atoms with E-state index in [1.807, 2.05) is 6.92 Å². The third-order valence-corrected chi connectivity index (χ3v) is 2.16. The van der Waals surface area contributed by atoms with Crippen LogP contribution >= 0.6 is 7.37 Å². The highest BCUT2D eigenvalue weighted by atomic mass is 31.2. The molecule has 0 aromatic rings. The van der Waals surface area contributed by atoms with E-state index < -0.39 is 7.37 Å². The van der Waals surface area contributed by atoms with Crippen LogP contribution in [0.4, 0.5) is 0 Å². The lowest BCUT2D eigenvalue weighted by molar-refractivity contribution is -0.135. The molecule has 1 unspecified atom stereocenters. The Balaban J connectivity index is 0. The van der Waals surface area contributed by atoms with Crippen molar-refractivity contribution in [3.05, 3.63) is 12.8 Å². The molecule has 0 heterocycles. The molecule has 0 radical (unpaired) electrons. The van der Waals surface area contributed by atoms with Gasteiger partial charge in [0.15, 0.2) is 7.37 Å². The summed E-state index contributed by atoms with van der Waals surface area (Å²) in [6.07, 6.45) is 2.35. The molecule has 1 N–H and O–H groups in total. The van der Waals surface area contributed by atoms with E-state index >= 15 is 0 Å². The molecule has 1 atom stereocenters. The Labute approximate surface area is 79.1 Å². The first-order chi connectivity index (χ1) is 5.83. The zero-order valence-corrected chi connectivity index (χ0v) is 9.21. The number of hydrogen-bond acceptors (Lipinski definition) is 3. The highest BCUT2D eigenvalue weighted by Gasteiger charge is 2.04. The van der Waals surface area contributed by atoms with E-state index in [9.17, 15) is 9.36 Å². The Morgan fingerprint density at radius 1 is 1.69 bits per heavy atom. The van der Waals surface area contributed by atoms with Crippen LogP contribution in [0.2, 0.25) is 0 Å². The van der Waals surface area contributed by atoms with Crippen LogP contribution in [0.15, 0.2) is 12.8 Å². The van der Waals surface area contributed by atoms with Gasteiger partial charge in [0.1, 0.15) is 0 Å². The Hall–Kier alpha value is -0.600. The maximum absolute atomic E-state index is 10.4. The van der Waals surface area contributed by atoms with Crippen LogP contribution in [0.1, 0.15) is 20.3 Å². The largest absolute Gasteiger partial charge is 0.435 e. The van der Waals surface area contributed by atoms with Crippen molar-refractivity contribution in [2.24, 2.45) is 0 Å². The Kier molecular flexibility index (Phi) is 9.19. The Morgan fingerprint density at radius 3 is 2.15 bits per heavy atom. The van der Waals surface area contributed by atoms with Crippen LogP contribution < -0.4 is 0 Å². The first kappa shape index (κ1) is 14.9. The Bertz CT molecular complexity index is 194. The average molecular weight is 208 g/mol. The standard InChI is InChI=1S/C4H11O2P.C4H6O2/c1-3-4-7(2,5)6;1-3-6-4(2)5/h3-4H2,1-2H3,(H,5,6);3H,1H2,2H3. The van der Waals surface area contributed by atoms with Gasteiger partial charge in [0, 0.05) is 19.8 Å². The number of rotatable bonds is 3. The maximum Gasteiger partial charge on any atom is 0.307 e. The summed E-state index contributed by atoms with van der Waals surface area (Å²) in [6.45, 7) is 7.76. The van der Waals surface area contributed by atoms with E-state index in [4.69, 9.17) is 4.89 Å². The minimum Gasteiger partial charge on any atom is -0.435 e. The first-order valence-corrected chi connectivity index (χ1v) is 6.20. The van der Waals surface area contributed by atoms with Crippen LogP contribution in [-0.2, 0) is 14.1 Å². The van der Waals surface area contributed by atoms with Gasteiger partial charge in [-0.15, -0.1) is 0 Å². The summed E-state index contributed by atoms with van der Waals surface area (Å²) in [5.74, 6) is -0.329. The maximum atomic E-state index is 10.4. The summed E-state index contributed by atoms with van der Waals surface area (Å²) in [5, 5.41) is 0. The number of esters is 1. The molecule has 0 bridgehead atoms. The molecule has 4 nitrogen and oxygen atoms in total. The van der Waals surface area contributed by atoms with Gasteiger partial charge in [0.05, 0.1) is 6.26 Å². The second-order valence-electron chi connectivity index (χ2n) is 2.55. The second kappa shape index (κ2) is 8.02. The van der Waals surface area contributed by atoms with E-state index in [2.05, 4.69) is 11.3 Å². The molecule has 0 rings (SSSR count). The molecule has 0 aliphatic heterocycles. The smallest absolute Gasteiger partial charge is 0.307 e. The lowest BCUT2D eigenvalue weighted by Crippen LogP contribution is -1.87. The van der Waals surface area contributed by atoms with Crippen LogP contribution in [0, 0.1) is 0 Å². The van der Waals surface area contributed by atoms with E-state index in [1.165, 1.54) is 13.6 Å². The van der Waals surface area contributed by atoms with Crippen LogP contribution in [0.5, 0.6) is 0 Å². The minimum absolute atomic E-state index is 0.329. The van der Waals surface area contributed by atoms with Crippen molar-refractivity contribution < 1.29 is 19.0 Å². The summed E-state index contributed by atoms with van der Waals surface area (Å²) < 4.78 is 14.5. The van der Waals surface area contributed by atoms with Gasteiger partial charge in [0.25, 0.3) is 0 Å². The fraction of sp³-hybridized carbons (Fsp3) is 0.625. The quantitative estimate of drug-likeness (QED) is 0.437. The summed E-state index contributed by atoms with van der Waals surface area (Å²) in [4.78, 5) is 18.3. The minimum atomic E-state index is -2.67. The predicted octanol–water partition coefficient (Wildman–Crippen LogP) is 1.99. The van der Waals surface area contributed by atoms with Crippen molar-refractivity contribution in [3.8, 4) is 0 Å². The van der Waals surface area contributed by atoms with E-state index in [1.54, 1.807) is 0 Å². The molecule has 78 valence electrons.